The molecule has 0 N–H and O–H groups in total. The lowest BCUT2D eigenvalue weighted by Gasteiger charge is -2.49. The van der Waals surface area contributed by atoms with Crippen LogP contribution < -0.4 is 4.74 Å². The van der Waals surface area contributed by atoms with Crippen LogP contribution in [0.1, 0.15) is 58.9 Å². The zero-order chi connectivity index (χ0) is 30.3. The summed E-state index contributed by atoms with van der Waals surface area (Å²) in [6.07, 6.45) is -5.67. The smallest absolute Gasteiger partial charge is 0.314 e. The van der Waals surface area contributed by atoms with Gasteiger partial charge < -0.3 is 28.6 Å². The molecule has 224 valence electrons. The predicted molar refractivity (Wildman–Crippen MR) is 140 cm³/mol. The van der Waals surface area contributed by atoms with Crippen LogP contribution in [0, 0.1) is 0 Å². The van der Waals surface area contributed by atoms with E-state index in [0.29, 0.717) is 11.3 Å². The SMILES string of the molecule is CCC(=O)OC[C@@H]1[C@@H](OC(=O)CC)[C@H](OC(=O)CC)[C@H](OC(=O)CC)[C@H]2N(Cc3ccc(OC)cc3)C(=O)C(=O)N12. The lowest BCUT2D eigenvalue weighted by Crippen LogP contribution is -2.71. The zero-order valence-corrected chi connectivity index (χ0v) is 23.8. The summed E-state index contributed by atoms with van der Waals surface area (Å²) in [5.74, 6) is -4.00. The second-order valence-electron chi connectivity index (χ2n) is 9.44. The van der Waals surface area contributed by atoms with E-state index in [1.807, 2.05) is 0 Å². The van der Waals surface area contributed by atoms with Gasteiger partial charge in [-0.25, -0.2) is 0 Å². The Morgan fingerprint density at radius 3 is 1.73 bits per heavy atom. The molecule has 3 rings (SSSR count). The summed E-state index contributed by atoms with van der Waals surface area (Å²) >= 11 is 0. The monoisotopic (exact) mass is 576 g/mol. The van der Waals surface area contributed by atoms with E-state index in [1.165, 1.54) is 12.0 Å². The Hall–Kier alpha value is -4.16. The van der Waals surface area contributed by atoms with Gasteiger partial charge in [0, 0.05) is 32.2 Å². The first kappa shape index (κ1) is 31.4. The van der Waals surface area contributed by atoms with E-state index in [4.69, 9.17) is 23.7 Å². The molecule has 2 aliphatic rings. The van der Waals surface area contributed by atoms with Crippen LogP contribution in [0.4, 0.5) is 0 Å². The maximum Gasteiger partial charge on any atom is 0.314 e. The number of esters is 4. The highest BCUT2D eigenvalue weighted by molar-refractivity contribution is 6.37. The fourth-order valence-corrected chi connectivity index (χ4v) is 4.70. The van der Waals surface area contributed by atoms with Crippen molar-refractivity contribution in [3.05, 3.63) is 29.8 Å². The van der Waals surface area contributed by atoms with Crippen molar-refractivity contribution in [3.8, 4) is 5.75 Å². The number of hydrogen-bond acceptors (Lipinski definition) is 11. The molecule has 1 aromatic rings. The van der Waals surface area contributed by atoms with Crippen molar-refractivity contribution in [1.29, 1.82) is 0 Å². The van der Waals surface area contributed by atoms with Crippen molar-refractivity contribution in [2.45, 2.75) is 90.4 Å². The number of nitrogens with zero attached hydrogens (tertiary/aromatic N) is 2. The molecule has 41 heavy (non-hydrogen) atoms. The molecule has 0 radical (unpaired) electrons. The standard InChI is InChI=1S/C28H36N2O11/c1-6-19(31)38-15-18-23(39-20(32)7-2)24(40-21(33)8-3)25(41-22(34)9-4)26-29(27(35)28(36)30(18)26)14-16-10-12-17(37-5)13-11-16/h10-13,18,23-26H,6-9,14-15H2,1-5H3/t18-,23-,24+,25+,26+/m1/s1. The van der Waals surface area contributed by atoms with Gasteiger partial charge in [-0.2, -0.15) is 0 Å². The van der Waals surface area contributed by atoms with E-state index in [2.05, 4.69) is 0 Å². The van der Waals surface area contributed by atoms with E-state index in [9.17, 15) is 28.8 Å². The number of ether oxygens (including phenoxy) is 5. The van der Waals surface area contributed by atoms with Crippen molar-refractivity contribution in [2.75, 3.05) is 13.7 Å². The predicted octanol–water partition coefficient (Wildman–Crippen LogP) is 1.49. The minimum Gasteiger partial charge on any atom is -0.497 e. The molecule has 2 amide bonds. The van der Waals surface area contributed by atoms with E-state index in [-0.39, 0.29) is 32.2 Å². The summed E-state index contributed by atoms with van der Waals surface area (Å²) in [4.78, 5) is 79.2. The highest BCUT2D eigenvalue weighted by atomic mass is 16.6. The lowest BCUT2D eigenvalue weighted by atomic mass is 9.90. The number of benzene rings is 1. The largest absolute Gasteiger partial charge is 0.497 e. The zero-order valence-electron chi connectivity index (χ0n) is 23.8. The van der Waals surface area contributed by atoms with Gasteiger partial charge in [0.15, 0.2) is 18.3 Å². The minimum absolute atomic E-state index is 0.0248. The highest BCUT2D eigenvalue weighted by Crippen LogP contribution is 2.38. The fourth-order valence-electron chi connectivity index (χ4n) is 4.70. The molecule has 5 atom stereocenters. The fraction of sp³-hybridized carbons (Fsp3) is 0.571. The molecule has 0 bridgehead atoms. The molecule has 2 saturated heterocycles. The summed E-state index contributed by atoms with van der Waals surface area (Å²) < 4.78 is 27.6. The molecule has 2 heterocycles. The number of fused-ring (bicyclic) bond motifs is 1. The summed E-state index contributed by atoms with van der Waals surface area (Å²) in [5, 5.41) is 0. The third-order valence-corrected chi connectivity index (χ3v) is 6.84. The first-order chi connectivity index (χ1) is 19.6. The number of carbonyl (C=O) groups is 6. The average molecular weight is 577 g/mol. The van der Waals surface area contributed by atoms with Crippen LogP contribution in [-0.2, 0) is 54.3 Å². The van der Waals surface area contributed by atoms with Crippen LogP contribution >= 0.6 is 0 Å². The van der Waals surface area contributed by atoms with Gasteiger partial charge in [-0.15, -0.1) is 0 Å². The van der Waals surface area contributed by atoms with Gasteiger partial charge in [-0.3, -0.25) is 33.7 Å². The Balaban J connectivity index is 2.16. The lowest BCUT2D eigenvalue weighted by molar-refractivity contribution is -0.226. The Bertz CT molecular complexity index is 1150. The highest BCUT2D eigenvalue weighted by Gasteiger charge is 2.63. The third kappa shape index (κ3) is 6.95. The summed E-state index contributed by atoms with van der Waals surface area (Å²) in [6.45, 7) is 5.69. The van der Waals surface area contributed by atoms with Crippen molar-refractivity contribution in [3.63, 3.8) is 0 Å². The van der Waals surface area contributed by atoms with Crippen LogP contribution in [0.3, 0.4) is 0 Å². The molecule has 13 nitrogen and oxygen atoms in total. The quantitative estimate of drug-likeness (QED) is 0.202. The van der Waals surface area contributed by atoms with E-state index in [0.717, 1.165) is 4.90 Å². The van der Waals surface area contributed by atoms with E-state index >= 15 is 0 Å². The Morgan fingerprint density at radius 2 is 1.22 bits per heavy atom. The Morgan fingerprint density at radius 1 is 0.707 bits per heavy atom. The number of rotatable bonds is 12. The van der Waals surface area contributed by atoms with Gasteiger partial charge in [-0.1, -0.05) is 39.8 Å². The van der Waals surface area contributed by atoms with Gasteiger partial charge in [0.25, 0.3) is 0 Å². The Kier molecular flexibility index (Phi) is 10.7. The van der Waals surface area contributed by atoms with E-state index in [1.54, 1.807) is 52.0 Å². The van der Waals surface area contributed by atoms with Crippen LogP contribution in [0.5, 0.6) is 5.75 Å². The molecule has 0 aliphatic carbocycles. The molecule has 2 aliphatic heterocycles. The Labute approximate surface area is 238 Å². The molecule has 0 aromatic heterocycles. The molecular formula is C28H36N2O11. The van der Waals surface area contributed by atoms with Crippen LogP contribution in [-0.4, -0.2) is 89.7 Å². The number of piperidine rings is 1. The van der Waals surface area contributed by atoms with Gasteiger partial charge >= 0.3 is 35.7 Å². The van der Waals surface area contributed by atoms with Crippen LogP contribution in [0.2, 0.25) is 0 Å². The van der Waals surface area contributed by atoms with Gasteiger partial charge in [0.05, 0.1) is 7.11 Å². The molecule has 1 aromatic carbocycles. The first-order valence-corrected chi connectivity index (χ1v) is 13.6. The van der Waals surface area contributed by atoms with Crippen LogP contribution in [0.15, 0.2) is 24.3 Å². The second-order valence-corrected chi connectivity index (χ2v) is 9.44. The van der Waals surface area contributed by atoms with Crippen molar-refractivity contribution < 1.29 is 52.5 Å². The van der Waals surface area contributed by atoms with Gasteiger partial charge in [0.2, 0.25) is 0 Å². The third-order valence-electron chi connectivity index (χ3n) is 6.84. The van der Waals surface area contributed by atoms with Crippen molar-refractivity contribution in [1.82, 2.24) is 9.80 Å². The molecular weight excluding hydrogens is 540 g/mol. The van der Waals surface area contributed by atoms with E-state index < -0.39 is 72.8 Å². The normalized spacial score (nSPS) is 23.5. The summed E-state index contributed by atoms with van der Waals surface area (Å²) in [5.41, 5.74) is 0.630. The average Bonchev–Trinajstić information content (AvgIpc) is 3.22. The number of hydrogen-bond donors (Lipinski definition) is 0. The topological polar surface area (TPSA) is 155 Å². The summed E-state index contributed by atoms with van der Waals surface area (Å²) in [7, 11) is 1.51. The number of amides is 2. The molecule has 2 fully saturated rings. The molecule has 13 heteroatoms. The van der Waals surface area contributed by atoms with Crippen molar-refractivity contribution in [2.24, 2.45) is 0 Å². The summed E-state index contributed by atoms with van der Waals surface area (Å²) in [6, 6.07) is 5.55. The number of methoxy groups -OCH3 is 1. The van der Waals surface area contributed by atoms with Gasteiger partial charge in [0.1, 0.15) is 24.6 Å². The van der Waals surface area contributed by atoms with Gasteiger partial charge in [-0.05, 0) is 17.7 Å². The second kappa shape index (κ2) is 14.0. The number of carbonyl (C=O) groups excluding carboxylic acids is 6. The molecule has 0 saturated carbocycles. The van der Waals surface area contributed by atoms with Crippen molar-refractivity contribution >= 4 is 35.7 Å². The minimum atomic E-state index is -1.42. The molecule has 0 unspecified atom stereocenters. The first-order valence-electron chi connectivity index (χ1n) is 13.6. The maximum absolute atomic E-state index is 13.5. The molecule has 0 spiro atoms. The maximum atomic E-state index is 13.5. The van der Waals surface area contributed by atoms with Crippen LogP contribution in [0.25, 0.3) is 0 Å².